The van der Waals surface area contributed by atoms with Crippen molar-refractivity contribution in [3.8, 4) is 0 Å². The summed E-state index contributed by atoms with van der Waals surface area (Å²) >= 11 is 0. The largest absolute Gasteiger partial charge is 0.367 e. The van der Waals surface area contributed by atoms with Crippen LogP contribution in [-0.4, -0.2) is 47.6 Å². The van der Waals surface area contributed by atoms with Crippen LogP contribution in [0.3, 0.4) is 0 Å². The highest BCUT2D eigenvalue weighted by Crippen LogP contribution is 2.24. The van der Waals surface area contributed by atoms with Gasteiger partial charge in [0.25, 0.3) is 0 Å². The molecule has 31 heavy (non-hydrogen) atoms. The summed E-state index contributed by atoms with van der Waals surface area (Å²) in [7, 11) is 0. The second-order valence-electron chi connectivity index (χ2n) is 7.38. The van der Waals surface area contributed by atoms with Crippen LogP contribution in [0.4, 0.5) is 14.5 Å². The van der Waals surface area contributed by atoms with Crippen LogP contribution in [-0.2, 0) is 6.42 Å². The molecule has 1 aliphatic heterocycles. The standard InChI is InChI=1S/C22H26F2N6.HI/c1-2-25-22(26-10-8-17-15-30-11-4-3-5-21(30)27-17)28-18-9-12-29(14-18)20-7-6-16(23)13-19(20)24;/h3-7,11,13,15,18H,2,8-10,12,14H2,1H3,(H2,25,26,28);1H. The van der Waals surface area contributed by atoms with Crippen molar-refractivity contribution < 1.29 is 8.78 Å². The monoisotopic (exact) mass is 540 g/mol. The summed E-state index contributed by atoms with van der Waals surface area (Å²) in [5.74, 6) is -0.339. The summed E-state index contributed by atoms with van der Waals surface area (Å²) in [6, 6.07) is 9.80. The Balaban J connectivity index is 0.00000272. The number of aliphatic imine (C=N–C) groups is 1. The number of hydrogen-bond donors (Lipinski definition) is 2. The lowest BCUT2D eigenvalue weighted by Crippen LogP contribution is -2.44. The Labute approximate surface area is 197 Å². The van der Waals surface area contributed by atoms with Crippen molar-refractivity contribution in [2.45, 2.75) is 25.8 Å². The number of guanidine groups is 1. The van der Waals surface area contributed by atoms with E-state index in [4.69, 9.17) is 0 Å². The van der Waals surface area contributed by atoms with Crippen LogP contribution in [0, 0.1) is 11.6 Å². The van der Waals surface area contributed by atoms with Crippen LogP contribution in [0.15, 0.2) is 53.8 Å². The highest BCUT2D eigenvalue weighted by atomic mass is 127. The van der Waals surface area contributed by atoms with Crippen molar-refractivity contribution in [1.29, 1.82) is 0 Å². The first-order valence-electron chi connectivity index (χ1n) is 10.3. The Morgan fingerprint density at radius 2 is 2.13 bits per heavy atom. The van der Waals surface area contributed by atoms with Gasteiger partial charge < -0.3 is 19.9 Å². The normalized spacial score (nSPS) is 16.4. The second kappa shape index (κ2) is 10.7. The number of halogens is 3. The number of hydrogen-bond acceptors (Lipinski definition) is 3. The van der Waals surface area contributed by atoms with E-state index in [1.807, 2.05) is 46.8 Å². The summed E-state index contributed by atoms with van der Waals surface area (Å²) in [5, 5.41) is 6.70. The van der Waals surface area contributed by atoms with E-state index in [9.17, 15) is 8.78 Å². The van der Waals surface area contributed by atoms with E-state index in [-0.39, 0.29) is 30.0 Å². The summed E-state index contributed by atoms with van der Waals surface area (Å²) in [4.78, 5) is 11.2. The second-order valence-corrected chi connectivity index (χ2v) is 7.38. The molecule has 0 saturated carbocycles. The number of fused-ring (bicyclic) bond motifs is 1. The molecule has 3 aromatic rings. The quantitative estimate of drug-likeness (QED) is 0.285. The Hall–Kier alpha value is -2.43. The molecular formula is C22H27F2IN6. The molecule has 4 rings (SSSR count). The van der Waals surface area contributed by atoms with Gasteiger partial charge >= 0.3 is 0 Å². The molecule has 0 bridgehead atoms. The van der Waals surface area contributed by atoms with Crippen LogP contribution in [0.25, 0.3) is 5.65 Å². The molecule has 1 unspecified atom stereocenters. The zero-order chi connectivity index (χ0) is 20.9. The van der Waals surface area contributed by atoms with Gasteiger partial charge in [0, 0.05) is 57.1 Å². The molecule has 3 heterocycles. The van der Waals surface area contributed by atoms with Gasteiger partial charge in [0.2, 0.25) is 0 Å². The zero-order valence-corrected chi connectivity index (χ0v) is 19.7. The molecular weight excluding hydrogens is 513 g/mol. The minimum Gasteiger partial charge on any atom is -0.367 e. The highest BCUT2D eigenvalue weighted by Gasteiger charge is 2.25. The van der Waals surface area contributed by atoms with Crippen LogP contribution < -0.4 is 15.5 Å². The van der Waals surface area contributed by atoms with Crippen LogP contribution in [0.2, 0.25) is 0 Å². The van der Waals surface area contributed by atoms with Gasteiger partial charge in [-0.05, 0) is 37.6 Å². The van der Waals surface area contributed by atoms with Gasteiger partial charge in [0.05, 0.1) is 11.4 Å². The molecule has 1 aliphatic rings. The van der Waals surface area contributed by atoms with E-state index < -0.39 is 11.6 Å². The number of nitrogens with zero attached hydrogens (tertiary/aromatic N) is 4. The molecule has 166 valence electrons. The zero-order valence-electron chi connectivity index (χ0n) is 17.4. The number of rotatable bonds is 6. The number of anilines is 1. The Morgan fingerprint density at radius 3 is 2.90 bits per heavy atom. The number of imidazole rings is 1. The lowest BCUT2D eigenvalue weighted by Gasteiger charge is -2.21. The molecule has 0 spiro atoms. The lowest BCUT2D eigenvalue weighted by atomic mass is 10.2. The van der Waals surface area contributed by atoms with E-state index in [0.29, 0.717) is 25.3 Å². The smallest absolute Gasteiger partial charge is 0.191 e. The van der Waals surface area contributed by atoms with Crippen molar-refractivity contribution in [2.75, 3.05) is 31.1 Å². The van der Waals surface area contributed by atoms with Gasteiger partial charge in [-0.1, -0.05) is 6.07 Å². The molecule has 2 N–H and O–H groups in total. The molecule has 6 nitrogen and oxygen atoms in total. The average molecular weight is 540 g/mol. The maximum Gasteiger partial charge on any atom is 0.191 e. The summed E-state index contributed by atoms with van der Waals surface area (Å²) in [6.45, 7) is 4.74. The number of nitrogens with one attached hydrogen (secondary N) is 2. The van der Waals surface area contributed by atoms with Crippen LogP contribution in [0.5, 0.6) is 0 Å². The molecule has 0 aliphatic carbocycles. The van der Waals surface area contributed by atoms with Gasteiger partial charge in [-0.2, -0.15) is 0 Å². The molecule has 0 amide bonds. The first-order chi connectivity index (χ1) is 14.6. The van der Waals surface area contributed by atoms with Crippen molar-refractivity contribution in [3.05, 3.63) is 66.1 Å². The minimum absolute atomic E-state index is 0. The Kier molecular flexibility index (Phi) is 8.05. The fourth-order valence-electron chi connectivity index (χ4n) is 3.74. The molecule has 0 radical (unpaired) electrons. The predicted octanol–water partition coefficient (Wildman–Crippen LogP) is 3.61. The maximum atomic E-state index is 14.1. The highest BCUT2D eigenvalue weighted by molar-refractivity contribution is 14.0. The van der Waals surface area contributed by atoms with Crippen molar-refractivity contribution >= 4 is 41.3 Å². The van der Waals surface area contributed by atoms with Crippen molar-refractivity contribution in [3.63, 3.8) is 0 Å². The molecule has 1 saturated heterocycles. The number of aromatic nitrogens is 2. The first kappa shape index (κ1) is 23.2. The minimum atomic E-state index is -0.558. The van der Waals surface area contributed by atoms with Gasteiger partial charge in [-0.15, -0.1) is 24.0 Å². The van der Waals surface area contributed by atoms with E-state index in [1.54, 1.807) is 0 Å². The van der Waals surface area contributed by atoms with Crippen LogP contribution >= 0.6 is 24.0 Å². The SMILES string of the molecule is CCNC(=NCCc1cn2ccccc2n1)NC1CCN(c2ccc(F)cc2F)C1.I. The van der Waals surface area contributed by atoms with Crippen LogP contribution in [0.1, 0.15) is 19.0 Å². The fourth-order valence-corrected chi connectivity index (χ4v) is 3.74. The summed E-state index contributed by atoms with van der Waals surface area (Å²) in [6.07, 6.45) is 5.61. The first-order valence-corrected chi connectivity index (χ1v) is 10.3. The third-order valence-corrected chi connectivity index (χ3v) is 5.18. The number of benzene rings is 1. The number of pyridine rings is 1. The van der Waals surface area contributed by atoms with E-state index in [1.165, 1.54) is 12.1 Å². The third kappa shape index (κ3) is 5.84. The van der Waals surface area contributed by atoms with Crippen molar-refractivity contribution in [1.82, 2.24) is 20.0 Å². The Bertz CT molecular complexity index is 1000. The predicted molar refractivity (Wildman–Crippen MR) is 130 cm³/mol. The van der Waals surface area contributed by atoms with E-state index in [2.05, 4.69) is 20.6 Å². The van der Waals surface area contributed by atoms with Gasteiger partial charge in [-0.25, -0.2) is 13.8 Å². The molecule has 1 atom stereocenters. The fraction of sp³-hybridized carbons (Fsp3) is 0.364. The van der Waals surface area contributed by atoms with Gasteiger partial charge in [0.1, 0.15) is 17.3 Å². The van der Waals surface area contributed by atoms with Gasteiger partial charge in [0.15, 0.2) is 5.96 Å². The summed E-state index contributed by atoms with van der Waals surface area (Å²) in [5.41, 5.74) is 2.37. The molecule has 9 heteroatoms. The lowest BCUT2D eigenvalue weighted by molar-refractivity contribution is 0.580. The average Bonchev–Trinajstić information content (AvgIpc) is 3.34. The van der Waals surface area contributed by atoms with Gasteiger partial charge in [-0.3, -0.25) is 4.99 Å². The van der Waals surface area contributed by atoms with E-state index >= 15 is 0 Å². The topological polar surface area (TPSA) is 57.0 Å². The third-order valence-electron chi connectivity index (χ3n) is 5.18. The maximum absolute atomic E-state index is 14.1. The Morgan fingerprint density at radius 1 is 1.26 bits per heavy atom. The van der Waals surface area contributed by atoms with E-state index in [0.717, 1.165) is 42.8 Å². The molecule has 1 aromatic carbocycles. The van der Waals surface area contributed by atoms with Crippen molar-refractivity contribution in [2.24, 2.45) is 4.99 Å². The molecule has 2 aromatic heterocycles. The molecule has 1 fully saturated rings. The summed E-state index contributed by atoms with van der Waals surface area (Å²) < 4.78 is 29.2.